The molecule has 7 nitrogen and oxygen atoms in total. The monoisotopic (exact) mass is 396 g/mol. The predicted molar refractivity (Wildman–Crippen MR) is 103 cm³/mol. The number of amides is 1. The fourth-order valence-electron chi connectivity index (χ4n) is 3.45. The zero-order valence-corrected chi connectivity index (χ0v) is 15.5. The van der Waals surface area contributed by atoms with Crippen molar-refractivity contribution in [3.8, 4) is 0 Å². The molecule has 1 unspecified atom stereocenters. The summed E-state index contributed by atoms with van der Waals surface area (Å²) in [6.07, 6.45) is 0.884. The van der Waals surface area contributed by atoms with Gasteiger partial charge >= 0.3 is 0 Å². The highest BCUT2D eigenvalue weighted by molar-refractivity contribution is 6.04. The summed E-state index contributed by atoms with van der Waals surface area (Å²) in [4.78, 5) is 12.3. The number of aromatic nitrogens is 4. The Kier molecular flexibility index (Phi) is 5.13. The summed E-state index contributed by atoms with van der Waals surface area (Å²) in [6.45, 7) is 2.86. The first-order chi connectivity index (χ1) is 14.0. The predicted octanol–water partition coefficient (Wildman–Crippen LogP) is 3.24. The summed E-state index contributed by atoms with van der Waals surface area (Å²) in [7, 11) is 0. The van der Waals surface area contributed by atoms with Crippen molar-refractivity contribution >= 4 is 17.2 Å². The molecular weight excluding hydrogens is 378 g/mol. The second-order valence-corrected chi connectivity index (χ2v) is 6.73. The average Bonchev–Trinajstić information content (AvgIpc) is 3.23. The summed E-state index contributed by atoms with van der Waals surface area (Å²) >= 11 is 0. The molecule has 0 aliphatic carbocycles. The van der Waals surface area contributed by atoms with Crippen LogP contribution in [0.15, 0.2) is 48.0 Å². The van der Waals surface area contributed by atoms with Crippen LogP contribution in [0.1, 0.15) is 41.1 Å². The number of benzene rings is 2. The molecule has 1 aromatic heterocycles. The molecule has 29 heavy (non-hydrogen) atoms. The van der Waals surface area contributed by atoms with E-state index < -0.39 is 23.1 Å². The standard InChI is InChI=1S/C20H18F2N6O/c1-11-9-10-23-18(19-25-27-28-26-19)16(11)12-5-7-13(8-6-12)24-20(29)17-14(21)3-2-4-15(17)22/h2-8,18,23H,9-10H2,1H3,(H,24,29)(H,25,26,27,28). The lowest BCUT2D eigenvalue weighted by molar-refractivity contribution is 0.101. The molecule has 3 N–H and O–H groups in total. The Bertz CT molecular complexity index is 1040. The first-order valence-corrected chi connectivity index (χ1v) is 9.07. The number of hydrogen-bond acceptors (Lipinski definition) is 5. The molecular formula is C20H18F2N6O. The maximum Gasteiger partial charge on any atom is 0.261 e. The Morgan fingerprint density at radius 3 is 2.52 bits per heavy atom. The van der Waals surface area contributed by atoms with Gasteiger partial charge in [-0.3, -0.25) is 4.79 Å². The van der Waals surface area contributed by atoms with Gasteiger partial charge in [0.1, 0.15) is 17.2 Å². The molecule has 0 radical (unpaired) electrons. The zero-order valence-electron chi connectivity index (χ0n) is 15.5. The highest BCUT2D eigenvalue weighted by Gasteiger charge is 2.27. The van der Waals surface area contributed by atoms with Crippen LogP contribution in [0, 0.1) is 11.6 Å². The van der Waals surface area contributed by atoms with E-state index >= 15 is 0 Å². The van der Waals surface area contributed by atoms with E-state index in [-0.39, 0.29) is 6.04 Å². The zero-order chi connectivity index (χ0) is 20.4. The highest BCUT2D eigenvalue weighted by atomic mass is 19.1. The Labute approximate surface area is 165 Å². The maximum absolute atomic E-state index is 13.8. The van der Waals surface area contributed by atoms with Crippen molar-refractivity contribution in [2.45, 2.75) is 19.4 Å². The average molecular weight is 396 g/mol. The maximum atomic E-state index is 13.8. The number of halogens is 2. The molecule has 2 heterocycles. The third-order valence-corrected chi connectivity index (χ3v) is 4.86. The molecule has 1 aliphatic heterocycles. The Morgan fingerprint density at radius 1 is 1.14 bits per heavy atom. The lowest BCUT2D eigenvalue weighted by Gasteiger charge is -2.27. The van der Waals surface area contributed by atoms with Crippen LogP contribution in [0.5, 0.6) is 0 Å². The second kappa shape index (κ2) is 7.88. The van der Waals surface area contributed by atoms with Gasteiger partial charge in [-0.05, 0) is 55.3 Å². The Hall–Kier alpha value is -3.46. The minimum absolute atomic E-state index is 0.199. The van der Waals surface area contributed by atoms with Crippen LogP contribution in [0.25, 0.3) is 5.57 Å². The van der Waals surface area contributed by atoms with Crippen molar-refractivity contribution < 1.29 is 13.6 Å². The number of nitrogens with one attached hydrogen (secondary N) is 3. The Balaban J connectivity index is 1.58. The van der Waals surface area contributed by atoms with Gasteiger partial charge < -0.3 is 10.6 Å². The third-order valence-electron chi connectivity index (χ3n) is 4.86. The van der Waals surface area contributed by atoms with Gasteiger partial charge in [0, 0.05) is 5.69 Å². The molecule has 2 aromatic carbocycles. The topological polar surface area (TPSA) is 95.6 Å². The van der Waals surface area contributed by atoms with E-state index in [2.05, 4.69) is 38.2 Å². The number of nitrogens with zero attached hydrogens (tertiary/aromatic N) is 3. The van der Waals surface area contributed by atoms with E-state index in [4.69, 9.17) is 0 Å². The summed E-state index contributed by atoms with van der Waals surface area (Å²) in [6, 6.07) is 10.2. The number of aromatic amines is 1. The smallest absolute Gasteiger partial charge is 0.261 e. The second-order valence-electron chi connectivity index (χ2n) is 6.73. The van der Waals surface area contributed by atoms with Crippen molar-refractivity contribution in [3.63, 3.8) is 0 Å². The molecule has 148 valence electrons. The van der Waals surface area contributed by atoms with Gasteiger partial charge in [0.15, 0.2) is 5.82 Å². The minimum Gasteiger partial charge on any atom is -0.322 e. The van der Waals surface area contributed by atoms with Gasteiger partial charge in [0.2, 0.25) is 0 Å². The van der Waals surface area contributed by atoms with Crippen LogP contribution in [0.3, 0.4) is 0 Å². The van der Waals surface area contributed by atoms with E-state index in [0.29, 0.717) is 11.5 Å². The number of carbonyl (C=O) groups is 1. The largest absolute Gasteiger partial charge is 0.322 e. The van der Waals surface area contributed by atoms with Crippen LogP contribution in [0.2, 0.25) is 0 Å². The van der Waals surface area contributed by atoms with Crippen molar-refractivity contribution in [1.29, 1.82) is 0 Å². The van der Waals surface area contributed by atoms with Crippen molar-refractivity contribution in [1.82, 2.24) is 25.9 Å². The molecule has 3 aromatic rings. The SMILES string of the molecule is CC1=C(c2ccc(NC(=O)c3c(F)cccc3F)cc2)C(c2nn[nH]n2)NCC1. The number of rotatable bonds is 4. The summed E-state index contributed by atoms with van der Waals surface area (Å²) in [5.41, 5.74) is 2.99. The van der Waals surface area contributed by atoms with Gasteiger partial charge in [-0.2, -0.15) is 5.21 Å². The number of anilines is 1. The van der Waals surface area contributed by atoms with E-state index in [1.54, 1.807) is 12.1 Å². The number of hydrogen-bond donors (Lipinski definition) is 3. The van der Waals surface area contributed by atoms with Crippen LogP contribution < -0.4 is 10.6 Å². The fourth-order valence-corrected chi connectivity index (χ4v) is 3.45. The summed E-state index contributed by atoms with van der Waals surface area (Å²) < 4.78 is 27.6. The lowest BCUT2D eigenvalue weighted by Crippen LogP contribution is -2.29. The van der Waals surface area contributed by atoms with Crippen LogP contribution >= 0.6 is 0 Å². The molecule has 1 amide bonds. The lowest BCUT2D eigenvalue weighted by atomic mass is 9.89. The molecule has 9 heteroatoms. The van der Waals surface area contributed by atoms with Crippen molar-refractivity contribution in [3.05, 3.63) is 76.6 Å². The van der Waals surface area contributed by atoms with E-state index in [1.807, 2.05) is 12.1 Å². The van der Waals surface area contributed by atoms with Crippen LogP contribution in [-0.4, -0.2) is 33.1 Å². The van der Waals surface area contributed by atoms with E-state index in [0.717, 1.165) is 36.2 Å². The van der Waals surface area contributed by atoms with Crippen molar-refractivity contribution in [2.75, 3.05) is 11.9 Å². The van der Waals surface area contributed by atoms with Crippen LogP contribution in [-0.2, 0) is 0 Å². The fraction of sp³-hybridized carbons (Fsp3) is 0.200. The first kappa shape index (κ1) is 18.9. The van der Waals surface area contributed by atoms with Gasteiger partial charge in [0.25, 0.3) is 5.91 Å². The van der Waals surface area contributed by atoms with E-state index in [9.17, 15) is 13.6 Å². The Morgan fingerprint density at radius 2 is 1.86 bits per heavy atom. The van der Waals surface area contributed by atoms with Gasteiger partial charge in [-0.25, -0.2) is 8.78 Å². The van der Waals surface area contributed by atoms with Gasteiger partial charge in [-0.1, -0.05) is 29.0 Å². The summed E-state index contributed by atoms with van der Waals surface area (Å²) in [5.74, 6) is -2.11. The first-order valence-electron chi connectivity index (χ1n) is 9.07. The number of carbonyl (C=O) groups excluding carboxylic acids is 1. The van der Waals surface area contributed by atoms with Gasteiger partial charge in [-0.15, -0.1) is 10.2 Å². The molecule has 1 aliphatic rings. The molecule has 0 fully saturated rings. The summed E-state index contributed by atoms with van der Waals surface area (Å²) in [5, 5.41) is 20.2. The minimum atomic E-state index is -0.906. The molecule has 0 bridgehead atoms. The normalized spacial score (nSPS) is 16.7. The number of tetrazole rings is 1. The van der Waals surface area contributed by atoms with Crippen molar-refractivity contribution in [2.24, 2.45) is 0 Å². The molecule has 4 rings (SSSR count). The quantitative estimate of drug-likeness (QED) is 0.629. The molecule has 0 saturated heterocycles. The van der Waals surface area contributed by atoms with Gasteiger partial charge in [0.05, 0.1) is 6.04 Å². The number of H-pyrrole nitrogens is 1. The molecule has 0 saturated carbocycles. The van der Waals surface area contributed by atoms with E-state index in [1.165, 1.54) is 11.6 Å². The highest BCUT2D eigenvalue weighted by Crippen LogP contribution is 2.35. The third kappa shape index (κ3) is 3.77. The molecule has 0 spiro atoms. The molecule has 1 atom stereocenters. The van der Waals surface area contributed by atoms with Crippen LogP contribution in [0.4, 0.5) is 14.5 Å².